The first kappa shape index (κ1) is 23.6. The molecule has 0 unspecified atom stereocenters. The number of nitrogens with zero attached hydrogens (tertiary/aromatic N) is 3. The smallest absolute Gasteiger partial charge is 0.271 e. The first-order chi connectivity index (χ1) is 15.7. The normalized spacial score (nSPS) is 11.6. The van der Waals surface area contributed by atoms with Crippen molar-refractivity contribution >= 4 is 33.0 Å². The van der Waals surface area contributed by atoms with Crippen LogP contribution >= 0.6 is 0 Å². The standard InChI is InChI=1S/C23H22N4O5S/c1-17-11-13-19(14-12-17)18(2)24-25-23(28)16-26(20-7-6-8-21(15-20)27(29)30)33(31,32)22-9-4-3-5-10-22/h3-15H,16H2,1-2H3,(H,25,28)/b24-18-. The van der Waals surface area contributed by atoms with Crippen molar-refractivity contribution in [1.29, 1.82) is 0 Å². The topological polar surface area (TPSA) is 122 Å². The molecular weight excluding hydrogens is 444 g/mol. The van der Waals surface area contributed by atoms with Crippen LogP contribution in [0.2, 0.25) is 0 Å². The highest BCUT2D eigenvalue weighted by molar-refractivity contribution is 7.92. The van der Waals surface area contributed by atoms with Gasteiger partial charge in [0.15, 0.2) is 0 Å². The molecule has 9 nitrogen and oxygen atoms in total. The maximum Gasteiger partial charge on any atom is 0.271 e. The zero-order valence-electron chi connectivity index (χ0n) is 18.0. The Morgan fingerprint density at radius 3 is 2.33 bits per heavy atom. The van der Waals surface area contributed by atoms with E-state index in [4.69, 9.17) is 0 Å². The van der Waals surface area contributed by atoms with Crippen molar-refractivity contribution in [3.63, 3.8) is 0 Å². The Kier molecular flexibility index (Phi) is 7.19. The monoisotopic (exact) mass is 466 g/mol. The highest BCUT2D eigenvalue weighted by Crippen LogP contribution is 2.26. The molecule has 0 aliphatic rings. The molecule has 0 spiro atoms. The SMILES string of the molecule is C/C(=N/NC(=O)CN(c1cccc([N+](=O)[O-])c1)S(=O)(=O)c1ccccc1)c1ccc(C)cc1. The molecule has 1 N–H and O–H groups in total. The lowest BCUT2D eigenvalue weighted by Gasteiger charge is -2.23. The molecule has 0 aromatic heterocycles. The van der Waals surface area contributed by atoms with E-state index in [1.54, 1.807) is 25.1 Å². The molecule has 0 atom stereocenters. The molecule has 1 amide bonds. The van der Waals surface area contributed by atoms with E-state index < -0.39 is 27.4 Å². The van der Waals surface area contributed by atoms with Crippen LogP contribution in [0.25, 0.3) is 0 Å². The number of anilines is 1. The first-order valence-electron chi connectivity index (χ1n) is 9.91. The second kappa shape index (κ2) is 10.0. The zero-order chi connectivity index (χ0) is 24.0. The van der Waals surface area contributed by atoms with Gasteiger partial charge in [-0.05, 0) is 37.6 Å². The number of carbonyl (C=O) groups excluding carboxylic acids is 1. The van der Waals surface area contributed by atoms with Gasteiger partial charge in [0.25, 0.3) is 21.6 Å². The third-order valence-corrected chi connectivity index (χ3v) is 6.55. The zero-order valence-corrected chi connectivity index (χ0v) is 18.8. The summed E-state index contributed by atoms with van der Waals surface area (Å²) in [5, 5.41) is 15.3. The number of hydrazone groups is 1. The molecule has 0 heterocycles. The summed E-state index contributed by atoms with van der Waals surface area (Å²) in [7, 11) is -4.19. The van der Waals surface area contributed by atoms with Crippen LogP contribution in [-0.2, 0) is 14.8 Å². The molecule has 3 aromatic rings. The number of benzene rings is 3. The van der Waals surface area contributed by atoms with Crippen LogP contribution < -0.4 is 9.73 Å². The van der Waals surface area contributed by atoms with Gasteiger partial charge in [-0.3, -0.25) is 19.2 Å². The molecule has 3 aromatic carbocycles. The fraction of sp³-hybridized carbons (Fsp3) is 0.130. The van der Waals surface area contributed by atoms with Crippen LogP contribution in [0.15, 0.2) is 88.9 Å². The minimum atomic E-state index is -4.19. The van der Waals surface area contributed by atoms with E-state index in [2.05, 4.69) is 10.5 Å². The summed E-state index contributed by atoms with van der Waals surface area (Å²) in [6.07, 6.45) is 0. The molecule has 0 saturated carbocycles. The van der Waals surface area contributed by atoms with Crippen molar-refractivity contribution in [2.24, 2.45) is 5.10 Å². The molecule has 3 rings (SSSR count). The quantitative estimate of drug-likeness (QED) is 0.309. The minimum Gasteiger partial charge on any atom is -0.271 e. The predicted molar refractivity (Wildman–Crippen MR) is 126 cm³/mol. The Morgan fingerprint density at radius 2 is 1.70 bits per heavy atom. The Morgan fingerprint density at radius 1 is 1.03 bits per heavy atom. The van der Waals surface area contributed by atoms with Crippen molar-refractivity contribution in [2.45, 2.75) is 18.7 Å². The van der Waals surface area contributed by atoms with Crippen molar-refractivity contribution in [1.82, 2.24) is 5.43 Å². The van der Waals surface area contributed by atoms with Crippen LogP contribution in [0, 0.1) is 17.0 Å². The van der Waals surface area contributed by atoms with Gasteiger partial charge in [-0.15, -0.1) is 0 Å². The number of carbonyl (C=O) groups is 1. The lowest BCUT2D eigenvalue weighted by atomic mass is 10.1. The highest BCUT2D eigenvalue weighted by Gasteiger charge is 2.28. The molecule has 170 valence electrons. The summed E-state index contributed by atoms with van der Waals surface area (Å²) in [5.41, 5.74) is 4.47. The maximum atomic E-state index is 13.3. The average Bonchev–Trinajstić information content (AvgIpc) is 2.82. The number of nitro groups is 1. The maximum absolute atomic E-state index is 13.3. The molecule has 10 heteroatoms. The lowest BCUT2D eigenvalue weighted by Crippen LogP contribution is -2.39. The van der Waals surface area contributed by atoms with Gasteiger partial charge in [0.2, 0.25) is 0 Å². The molecule has 0 fully saturated rings. The van der Waals surface area contributed by atoms with Gasteiger partial charge in [-0.1, -0.05) is 54.1 Å². The van der Waals surface area contributed by atoms with Crippen molar-refractivity contribution < 1.29 is 18.1 Å². The van der Waals surface area contributed by atoms with E-state index in [1.165, 1.54) is 30.3 Å². The van der Waals surface area contributed by atoms with Crippen LogP contribution in [-0.4, -0.2) is 31.5 Å². The summed E-state index contributed by atoms with van der Waals surface area (Å²) < 4.78 is 27.4. The van der Waals surface area contributed by atoms with E-state index in [0.29, 0.717) is 5.71 Å². The second-order valence-electron chi connectivity index (χ2n) is 7.20. The molecule has 0 aliphatic heterocycles. The Hall–Kier alpha value is -4.05. The van der Waals surface area contributed by atoms with E-state index in [9.17, 15) is 23.3 Å². The number of hydrogen-bond acceptors (Lipinski definition) is 6. The number of nitro benzene ring substituents is 1. The first-order valence-corrected chi connectivity index (χ1v) is 11.3. The summed E-state index contributed by atoms with van der Waals surface area (Å²) in [6.45, 7) is 3.04. The van der Waals surface area contributed by atoms with Crippen molar-refractivity contribution in [2.75, 3.05) is 10.8 Å². The third-order valence-electron chi connectivity index (χ3n) is 4.76. The summed E-state index contributed by atoms with van der Waals surface area (Å²) >= 11 is 0. The number of rotatable bonds is 8. The largest absolute Gasteiger partial charge is 0.271 e. The number of amides is 1. The molecule has 0 aliphatic carbocycles. The average molecular weight is 467 g/mol. The molecule has 0 radical (unpaired) electrons. The lowest BCUT2D eigenvalue weighted by molar-refractivity contribution is -0.384. The van der Waals surface area contributed by atoms with Crippen LogP contribution in [0.5, 0.6) is 0 Å². The van der Waals surface area contributed by atoms with Gasteiger partial charge in [-0.2, -0.15) is 5.10 Å². The van der Waals surface area contributed by atoms with Gasteiger partial charge in [0.1, 0.15) is 6.54 Å². The van der Waals surface area contributed by atoms with Crippen LogP contribution in [0.3, 0.4) is 0 Å². The van der Waals surface area contributed by atoms with Gasteiger partial charge < -0.3 is 0 Å². The fourth-order valence-electron chi connectivity index (χ4n) is 2.97. The van der Waals surface area contributed by atoms with Gasteiger partial charge in [-0.25, -0.2) is 13.8 Å². The van der Waals surface area contributed by atoms with Gasteiger partial charge >= 0.3 is 0 Å². The van der Waals surface area contributed by atoms with E-state index in [1.807, 2.05) is 31.2 Å². The number of sulfonamides is 1. The van der Waals surface area contributed by atoms with Crippen LogP contribution in [0.4, 0.5) is 11.4 Å². The molecule has 0 saturated heterocycles. The Bertz CT molecular complexity index is 1290. The molecule has 0 bridgehead atoms. The number of nitrogens with one attached hydrogen (secondary N) is 1. The summed E-state index contributed by atoms with van der Waals surface area (Å²) in [4.78, 5) is 23.2. The number of aryl methyl sites for hydroxylation is 1. The second-order valence-corrected chi connectivity index (χ2v) is 9.06. The van der Waals surface area contributed by atoms with E-state index in [0.717, 1.165) is 21.5 Å². The van der Waals surface area contributed by atoms with Crippen molar-refractivity contribution in [3.8, 4) is 0 Å². The van der Waals surface area contributed by atoms with E-state index >= 15 is 0 Å². The predicted octanol–water partition coefficient (Wildman–Crippen LogP) is 3.64. The van der Waals surface area contributed by atoms with Crippen LogP contribution in [0.1, 0.15) is 18.1 Å². The molecular formula is C23H22N4O5S. The van der Waals surface area contributed by atoms with Crippen molar-refractivity contribution in [3.05, 3.63) is 100 Å². The van der Waals surface area contributed by atoms with E-state index in [-0.39, 0.29) is 16.3 Å². The summed E-state index contributed by atoms with van der Waals surface area (Å²) in [5.74, 6) is -0.701. The molecule has 33 heavy (non-hydrogen) atoms. The summed E-state index contributed by atoms with van der Waals surface area (Å²) in [6, 6.07) is 20.2. The van der Waals surface area contributed by atoms with Gasteiger partial charge in [0, 0.05) is 12.1 Å². The number of hydrogen-bond donors (Lipinski definition) is 1. The third kappa shape index (κ3) is 5.80. The Balaban J connectivity index is 1.90. The Labute approximate surface area is 191 Å². The number of non-ortho nitro benzene ring substituents is 1. The fourth-order valence-corrected chi connectivity index (χ4v) is 4.40. The van der Waals surface area contributed by atoms with Gasteiger partial charge in [0.05, 0.1) is 21.2 Å². The minimum absolute atomic E-state index is 0.0116. The highest BCUT2D eigenvalue weighted by atomic mass is 32.2.